The van der Waals surface area contributed by atoms with Crippen LogP contribution in [-0.2, 0) is 6.42 Å². The average Bonchev–Trinajstić information content (AvgIpc) is 2.96. The van der Waals surface area contributed by atoms with E-state index in [0.717, 1.165) is 21.4 Å². The number of aromatic nitrogens is 1. The van der Waals surface area contributed by atoms with Crippen LogP contribution in [0.25, 0.3) is 11.0 Å². The molecule has 0 saturated heterocycles. The van der Waals surface area contributed by atoms with Gasteiger partial charge in [-0.1, -0.05) is 18.2 Å². The molecule has 0 aliphatic carbocycles. The van der Waals surface area contributed by atoms with Gasteiger partial charge in [0.1, 0.15) is 5.58 Å². The third-order valence-electron chi connectivity index (χ3n) is 2.75. The Labute approximate surface area is 102 Å². The Morgan fingerprint density at radius 2 is 2.24 bits per heavy atom. The fourth-order valence-corrected chi connectivity index (χ4v) is 2.53. The van der Waals surface area contributed by atoms with Crippen molar-refractivity contribution in [2.75, 3.05) is 0 Å². The van der Waals surface area contributed by atoms with Crippen LogP contribution in [0.4, 0.5) is 0 Å². The van der Waals surface area contributed by atoms with Crippen molar-refractivity contribution in [1.29, 1.82) is 0 Å². The van der Waals surface area contributed by atoms with Crippen LogP contribution in [0.3, 0.4) is 0 Å². The number of hydrogen-bond donors (Lipinski definition) is 1. The zero-order valence-electron chi connectivity index (χ0n) is 9.04. The lowest BCUT2D eigenvalue weighted by Gasteiger charge is -2.06. The van der Waals surface area contributed by atoms with E-state index in [1.54, 1.807) is 29.3 Å². The van der Waals surface area contributed by atoms with Crippen LogP contribution in [0, 0.1) is 0 Å². The summed E-state index contributed by atoms with van der Waals surface area (Å²) in [7, 11) is 0. The molecular weight excluding hydrogens is 234 g/mol. The third-order valence-corrected chi connectivity index (χ3v) is 3.55. The van der Waals surface area contributed by atoms with Gasteiger partial charge in [-0.25, -0.2) is 0 Å². The van der Waals surface area contributed by atoms with Gasteiger partial charge < -0.3 is 9.52 Å². The number of aliphatic hydroxyl groups excluding tert-OH is 1. The highest BCUT2D eigenvalue weighted by molar-refractivity contribution is 7.09. The maximum atomic E-state index is 10.2. The molecule has 2 aromatic heterocycles. The third kappa shape index (κ3) is 1.97. The Bertz CT molecular complexity index is 615. The van der Waals surface area contributed by atoms with Gasteiger partial charge in [-0.2, -0.15) is 0 Å². The molecule has 3 aromatic rings. The number of benzene rings is 1. The SMILES string of the molecule is OC(Cc1cncs1)c1coc2ccccc12. The summed E-state index contributed by atoms with van der Waals surface area (Å²) in [6, 6.07) is 7.73. The van der Waals surface area contributed by atoms with Gasteiger partial charge in [0.15, 0.2) is 0 Å². The van der Waals surface area contributed by atoms with Gasteiger partial charge in [-0.3, -0.25) is 4.98 Å². The lowest BCUT2D eigenvalue weighted by molar-refractivity contribution is 0.179. The lowest BCUT2D eigenvalue weighted by atomic mass is 10.1. The van der Waals surface area contributed by atoms with Crippen molar-refractivity contribution in [2.24, 2.45) is 0 Å². The molecule has 0 aliphatic rings. The van der Waals surface area contributed by atoms with Crippen LogP contribution in [0.2, 0.25) is 0 Å². The van der Waals surface area contributed by atoms with Gasteiger partial charge in [0.25, 0.3) is 0 Å². The highest BCUT2D eigenvalue weighted by Crippen LogP contribution is 2.28. The first-order chi connectivity index (χ1) is 8.34. The Balaban J connectivity index is 1.93. The van der Waals surface area contributed by atoms with E-state index < -0.39 is 6.10 Å². The molecule has 0 radical (unpaired) electrons. The fourth-order valence-electron chi connectivity index (χ4n) is 1.90. The molecular formula is C13H11NO2S. The normalized spacial score (nSPS) is 13.0. The molecule has 2 heterocycles. The molecule has 0 fully saturated rings. The summed E-state index contributed by atoms with van der Waals surface area (Å²) in [5.41, 5.74) is 3.43. The van der Waals surface area contributed by atoms with Crippen molar-refractivity contribution in [1.82, 2.24) is 4.98 Å². The number of rotatable bonds is 3. The maximum Gasteiger partial charge on any atom is 0.134 e. The maximum absolute atomic E-state index is 10.2. The minimum absolute atomic E-state index is 0.543. The van der Waals surface area contributed by atoms with Crippen LogP contribution in [-0.4, -0.2) is 10.1 Å². The standard InChI is InChI=1S/C13H11NO2S/c15-12(5-9-6-14-8-17-9)11-7-16-13-4-2-1-3-10(11)13/h1-4,6-8,12,15H,5H2. The second kappa shape index (κ2) is 4.31. The summed E-state index contributed by atoms with van der Waals surface area (Å²) in [4.78, 5) is 5.07. The van der Waals surface area contributed by atoms with E-state index in [-0.39, 0.29) is 0 Å². The van der Waals surface area contributed by atoms with Crippen molar-refractivity contribution in [2.45, 2.75) is 12.5 Å². The van der Waals surface area contributed by atoms with Gasteiger partial charge in [0, 0.05) is 28.4 Å². The predicted molar refractivity (Wildman–Crippen MR) is 67.0 cm³/mol. The smallest absolute Gasteiger partial charge is 0.134 e. The van der Waals surface area contributed by atoms with E-state index in [0.29, 0.717) is 6.42 Å². The zero-order valence-corrected chi connectivity index (χ0v) is 9.85. The highest BCUT2D eigenvalue weighted by atomic mass is 32.1. The van der Waals surface area contributed by atoms with Crippen molar-refractivity contribution in [3.05, 3.63) is 52.7 Å². The zero-order chi connectivity index (χ0) is 11.7. The van der Waals surface area contributed by atoms with Gasteiger partial charge in [0.2, 0.25) is 0 Å². The number of para-hydroxylation sites is 1. The molecule has 0 aliphatic heterocycles. The van der Waals surface area contributed by atoms with Gasteiger partial charge in [-0.15, -0.1) is 11.3 Å². The second-order valence-corrected chi connectivity index (χ2v) is 4.85. The second-order valence-electron chi connectivity index (χ2n) is 3.87. The molecule has 17 heavy (non-hydrogen) atoms. The number of aliphatic hydroxyl groups is 1. The first-order valence-corrected chi connectivity index (χ1v) is 6.24. The van der Waals surface area contributed by atoms with Crippen molar-refractivity contribution < 1.29 is 9.52 Å². The molecule has 1 atom stereocenters. The van der Waals surface area contributed by atoms with Crippen LogP contribution < -0.4 is 0 Å². The first-order valence-electron chi connectivity index (χ1n) is 5.36. The number of furan rings is 1. The van der Waals surface area contributed by atoms with E-state index in [1.165, 1.54) is 0 Å². The number of hydrogen-bond acceptors (Lipinski definition) is 4. The van der Waals surface area contributed by atoms with E-state index >= 15 is 0 Å². The Hall–Kier alpha value is -1.65. The van der Waals surface area contributed by atoms with E-state index in [4.69, 9.17) is 4.42 Å². The Kier molecular flexibility index (Phi) is 2.66. The van der Waals surface area contributed by atoms with Crippen LogP contribution >= 0.6 is 11.3 Å². The number of fused-ring (bicyclic) bond motifs is 1. The highest BCUT2D eigenvalue weighted by Gasteiger charge is 2.15. The summed E-state index contributed by atoms with van der Waals surface area (Å²) >= 11 is 1.55. The van der Waals surface area contributed by atoms with E-state index in [1.807, 2.05) is 24.3 Å². The topological polar surface area (TPSA) is 46.3 Å². The molecule has 0 amide bonds. The van der Waals surface area contributed by atoms with E-state index in [2.05, 4.69) is 4.98 Å². The quantitative estimate of drug-likeness (QED) is 0.771. The minimum atomic E-state index is -0.543. The molecule has 0 spiro atoms. The molecule has 1 unspecified atom stereocenters. The fraction of sp³-hybridized carbons (Fsp3) is 0.154. The summed E-state index contributed by atoms with van der Waals surface area (Å²) < 4.78 is 5.42. The van der Waals surface area contributed by atoms with Gasteiger partial charge in [-0.05, 0) is 6.07 Å². The molecule has 0 saturated carbocycles. The van der Waals surface area contributed by atoms with Gasteiger partial charge >= 0.3 is 0 Å². The summed E-state index contributed by atoms with van der Waals surface area (Å²) in [5.74, 6) is 0. The average molecular weight is 245 g/mol. The van der Waals surface area contributed by atoms with E-state index in [9.17, 15) is 5.11 Å². The van der Waals surface area contributed by atoms with Gasteiger partial charge in [0.05, 0.1) is 17.9 Å². The largest absolute Gasteiger partial charge is 0.464 e. The molecule has 86 valence electrons. The molecule has 1 aromatic carbocycles. The summed E-state index contributed by atoms with van der Waals surface area (Å²) in [6.45, 7) is 0. The van der Waals surface area contributed by atoms with Crippen LogP contribution in [0.15, 0.2) is 46.7 Å². The molecule has 3 nitrogen and oxygen atoms in total. The first kappa shape index (κ1) is 10.5. The minimum Gasteiger partial charge on any atom is -0.464 e. The monoisotopic (exact) mass is 245 g/mol. The van der Waals surface area contributed by atoms with Crippen molar-refractivity contribution in [3.63, 3.8) is 0 Å². The lowest BCUT2D eigenvalue weighted by Crippen LogP contribution is -1.99. The molecule has 0 bridgehead atoms. The van der Waals surface area contributed by atoms with Crippen molar-refractivity contribution in [3.8, 4) is 0 Å². The summed E-state index contributed by atoms with van der Waals surface area (Å²) in [5, 5.41) is 11.2. The van der Waals surface area contributed by atoms with Crippen LogP contribution in [0.1, 0.15) is 16.5 Å². The van der Waals surface area contributed by atoms with Crippen LogP contribution in [0.5, 0.6) is 0 Å². The number of thiazole rings is 1. The molecule has 4 heteroatoms. The number of nitrogens with zero attached hydrogens (tertiary/aromatic N) is 1. The predicted octanol–water partition coefficient (Wildman–Crippen LogP) is 3.17. The Morgan fingerprint density at radius 3 is 3.06 bits per heavy atom. The molecule has 1 N–H and O–H groups in total. The Morgan fingerprint density at radius 1 is 1.35 bits per heavy atom. The summed E-state index contributed by atoms with van der Waals surface area (Å²) in [6.07, 6.45) is 3.46. The van der Waals surface area contributed by atoms with Crippen molar-refractivity contribution >= 4 is 22.3 Å². The molecule has 3 rings (SSSR count).